The van der Waals surface area contributed by atoms with Gasteiger partial charge in [-0.25, -0.2) is 4.79 Å². The van der Waals surface area contributed by atoms with Gasteiger partial charge in [0.1, 0.15) is 17.7 Å². The van der Waals surface area contributed by atoms with E-state index in [0.717, 1.165) is 0 Å². The number of esters is 1. The molecule has 0 amide bonds. The van der Waals surface area contributed by atoms with Gasteiger partial charge in [0, 0.05) is 19.3 Å². The molecule has 0 spiro atoms. The molecule has 0 unspecified atom stereocenters. The molecule has 0 saturated heterocycles. The van der Waals surface area contributed by atoms with E-state index < -0.39 is 17.5 Å². The molecule has 4 nitrogen and oxygen atoms in total. The lowest BCUT2D eigenvalue weighted by Gasteiger charge is -2.25. The predicted molar refractivity (Wildman–Crippen MR) is 93.6 cm³/mol. The normalized spacial score (nSPS) is 17.7. The van der Waals surface area contributed by atoms with E-state index in [9.17, 15) is 14.4 Å². The average Bonchev–Trinajstić information content (AvgIpc) is 2.75. The summed E-state index contributed by atoms with van der Waals surface area (Å²) in [5.74, 6) is -0.681. The van der Waals surface area contributed by atoms with Crippen LogP contribution in [0.2, 0.25) is 0 Å². The first-order valence-corrected chi connectivity index (χ1v) is 8.77. The number of Topliss-reactive ketones (excluding diaryl/α,β-unsaturated/α-hetero) is 2. The fourth-order valence-corrected chi connectivity index (χ4v) is 3.21. The van der Waals surface area contributed by atoms with E-state index in [1.807, 2.05) is 0 Å². The lowest BCUT2D eigenvalue weighted by atomic mass is 9.81. The third-order valence-electron chi connectivity index (χ3n) is 4.00. The maximum absolute atomic E-state index is 12.2. The Morgan fingerprint density at radius 3 is 2.30 bits per heavy atom. The Hall–Kier alpha value is -1.27. The van der Waals surface area contributed by atoms with Crippen molar-refractivity contribution < 1.29 is 19.1 Å². The summed E-state index contributed by atoms with van der Waals surface area (Å²) in [6.07, 6.45) is 1.60. The molecule has 1 fully saturated rings. The Morgan fingerprint density at radius 1 is 1.22 bits per heavy atom. The molecule has 1 aliphatic rings. The smallest absolute Gasteiger partial charge is 0.338 e. The van der Waals surface area contributed by atoms with Crippen LogP contribution in [0, 0.1) is 5.41 Å². The molecule has 2 rings (SSSR count). The molecule has 0 N–H and O–H groups in total. The summed E-state index contributed by atoms with van der Waals surface area (Å²) in [4.78, 5) is 36.4. The van der Waals surface area contributed by atoms with Gasteiger partial charge in [0.15, 0.2) is 0 Å². The largest absolute Gasteiger partial charge is 0.454 e. The zero-order valence-electron chi connectivity index (χ0n) is 12.6. The first kappa shape index (κ1) is 18.1. The number of ether oxygens (including phenoxy) is 1. The number of benzene rings is 1. The second kappa shape index (κ2) is 7.53. The van der Waals surface area contributed by atoms with Gasteiger partial charge in [0.05, 0.1) is 14.4 Å². The van der Waals surface area contributed by atoms with E-state index in [1.54, 1.807) is 43.3 Å². The molecule has 1 aromatic carbocycles. The van der Waals surface area contributed by atoms with Crippen LogP contribution in [0.4, 0.5) is 0 Å². The van der Waals surface area contributed by atoms with Crippen LogP contribution in [0.15, 0.2) is 39.8 Å². The van der Waals surface area contributed by atoms with Crippen molar-refractivity contribution in [1.29, 1.82) is 0 Å². The molecule has 122 valence electrons. The quantitative estimate of drug-likeness (QED) is 0.506. The number of rotatable bonds is 5. The van der Waals surface area contributed by atoms with Crippen molar-refractivity contribution in [2.45, 2.75) is 32.3 Å². The van der Waals surface area contributed by atoms with Crippen molar-refractivity contribution in [2.24, 2.45) is 5.41 Å². The Kier molecular flexibility index (Phi) is 5.92. The van der Waals surface area contributed by atoms with Crippen LogP contribution in [-0.4, -0.2) is 23.6 Å². The fourth-order valence-electron chi connectivity index (χ4n) is 2.62. The number of carbonyl (C=O) groups excluding carboxylic acids is 3. The van der Waals surface area contributed by atoms with Gasteiger partial charge in [-0.05, 0) is 57.0 Å². The zero-order chi connectivity index (χ0) is 17.0. The highest BCUT2D eigenvalue weighted by molar-refractivity contribution is 9.28. The monoisotopic (exact) mass is 442 g/mol. The van der Waals surface area contributed by atoms with Crippen molar-refractivity contribution in [3.8, 4) is 0 Å². The van der Waals surface area contributed by atoms with Crippen LogP contribution in [0.1, 0.15) is 36.5 Å². The van der Waals surface area contributed by atoms with Gasteiger partial charge in [0.2, 0.25) is 0 Å². The van der Waals surface area contributed by atoms with Gasteiger partial charge in [-0.15, -0.1) is 0 Å². The van der Waals surface area contributed by atoms with Crippen LogP contribution in [0.5, 0.6) is 0 Å². The highest BCUT2D eigenvalue weighted by Crippen LogP contribution is 2.37. The molecule has 0 bridgehead atoms. The summed E-state index contributed by atoms with van der Waals surface area (Å²) in [6.45, 7) is 1.63. The molecule has 23 heavy (non-hydrogen) atoms. The van der Waals surface area contributed by atoms with Crippen molar-refractivity contribution in [1.82, 2.24) is 0 Å². The van der Waals surface area contributed by atoms with E-state index in [2.05, 4.69) is 31.9 Å². The second-order valence-corrected chi connectivity index (χ2v) is 8.42. The second-order valence-electron chi connectivity index (χ2n) is 5.65. The van der Waals surface area contributed by atoms with Crippen LogP contribution >= 0.6 is 31.9 Å². The number of halogens is 2. The summed E-state index contributed by atoms with van der Waals surface area (Å²) in [7, 11) is 0. The molecule has 1 aliphatic carbocycles. The van der Waals surface area contributed by atoms with E-state index in [-0.39, 0.29) is 30.8 Å². The standard InChI is InChI=1S/C17H16Br2O4/c1-17(13(20)7-8-14(17)21)10-12(9-15(18)19)23-16(22)11-5-3-2-4-6-11/h2-6,9,12H,7-8,10H2,1H3/t12-/m1/s1. The first-order chi connectivity index (χ1) is 10.8. The summed E-state index contributed by atoms with van der Waals surface area (Å²) in [5.41, 5.74) is -0.668. The Balaban J connectivity index is 2.18. The highest BCUT2D eigenvalue weighted by atomic mass is 79.9. The molecule has 0 aliphatic heterocycles. The minimum atomic E-state index is -1.09. The molecule has 1 aromatic rings. The number of hydrogen-bond donors (Lipinski definition) is 0. The van der Waals surface area contributed by atoms with Gasteiger partial charge in [-0.2, -0.15) is 0 Å². The zero-order valence-corrected chi connectivity index (χ0v) is 15.7. The third-order valence-corrected chi connectivity index (χ3v) is 4.53. The van der Waals surface area contributed by atoms with E-state index in [1.165, 1.54) is 0 Å². The molecular formula is C17H16Br2O4. The Morgan fingerprint density at radius 2 is 1.78 bits per heavy atom. The maximum Gasteiger partial charge on any atom is 0.338 e. The summed E-state index contributed by atoms with van der Waals surface area (Å²) in [6, 6.07) is 8.60. The van der Waals surface area contributed by atoms with Crippen molar-refractivity contribution >= 4 is 49.4 Å². The van der Waals surface area contributed by atoms with Crippen LogP contribution < -0.4 is 0 Å². The van der Waals surface area contributed by atoms with Gasteiger partial charge in [-0.3, -0.25) is 9.59 Å². The van der Waals surface area contributed by atoms with Gasteiger partial charge >= 0.3 is 5.97 Å². The molecule has 1 atom stereocenters. The maximum atomic E-state index is 12.2. The minimum Gasteiger partial charge on any atom is -0.454 e. The van der Waals surface area contributed by atoms with E-state index >= 15 is 0 Å². The van der Waals surface area contributed by atoms with Crippen molar-refractivity contribution in [3.05, 3.63) is 45.4 Å². The van der Waals surface area contributed by atoms with Crippen LogP contribution in [0.3, 0.4) is 0 Å². The van der Waals surface area contributed by atoms with Crippen LogP contribution in [0.25, 0.3) is 0 Å². The summed E-state index contributed by atoms with van der Waals surface area (Å²) < 4.78 is 6.09. The molecule has 0 radical (unpaired) electrons. The lowest BCUT2D eigenvalue weighted by molar-refractivity contribution is -0.135. The summed E-state index contributed by atoms with van der Waals surface area (Å²) >= 11 is 6.47. The molecular weight excluding hydrogens is 428 g/mol. The van der Waals surface area contributed by atoms with Gasteiger partial charge < -0.3 is 4.74 Å². The number of ketones is 2. The fraction of sp³-hybridized carbons (Fsp3) is 0.353. The predicted octanol–water partition coefficient (Wildman–Crippen LogP) is 4.17. The van der Waals surface area contributed by atoms with Crippen molar-refractivity contribution in [2.75, 3.05) is 0 Å². The molecule has 0 heterocycles. The molecule has 0 aromatic heterocycles. The van der Waals surface area contributed by atoms with Crippen molar-refractivity contribution in [3.63, 3.8) is 0 Å². The van der Waals surface area contributed by atoms with E-state index in [0.29, 0.717) is 8.96 Å². The Bertz CT molecular complexity index is 632. The van der Waals surface area contributed by atoms with E-state index in [4.69, 9.17) is 4.74 Å². The molecule has 1 saturated carbocycles. The topological polar surface area (TPSA) is 60.4 Å². The third kappa shape index (κ3) is 4.38. The highest BCUT2D eigenvalue weighted by Gasteiger charge is 2.46. The SMILES string of the molecule is CC1(C[C@@H](C=C(Br)Br)OC(=O)c2ccccc2)C(=O)CCC1=O. The average molecular weight is 444 g/mol. The lowest BCUT2D eigenvalue weighted by Crippen LogP contribution is -2.34. The first-order valence-electron chi connectivity index (χ1n) is 7.18. The van der Waals surface area contributed by atoms with Gasteiger partial charge in [-0.1, -0.05) is 18.2 Å². The Labute approximate surface area is 151 Å². The number of hydrogen-bond acceptors (Lipinski definition) is 4. The van der Waals surface area contributed by atoms with Crippen LogP contribution in [-0.2, 0) is 14.3 Å². The molecule has 6 heteroatoms. The van der Waals surface area contributed by atoms with Gasteiger partial charge in [0.25, 0.3) is 0 Å². The summed E-state index contributed by atoms with van der Waals surface area (Å²) in [5, 5.41) is 0. The number of carbonyl (C=O) groups is 3. The minimum absolute atomic E-state index is 0.0950.